The van der Waals surface area contributed by atoms with E-state index in [4.69, 9.17) is 0 Å². The fourth-order valence-electron chi connectivity index (χ4n) is 2.95. The van der Waals surface area contributed by atoms with Gasteiger partial charge in [0.05, 0.1) is 0 Å². The fraction of sp³-hybridized carbons (Fsp3) is 0.500. The topological polar surface area (TPSA) is 49.4 Å². The molecule has 0 saturated carbocycles. The second-order valence-corrected chi connectivity index (χ2v) is 6.90. The van der Waals surface area contributed by atoms with E-state index < -0.39 is 6.04 Å². The molecular formula is C16H20N2O2S. The lowest BCUT2D eigenvalue weighted by Crippen LogP contribution is -2.59. The number of hydrogen-bond acceptors (Lipinski definition) is 3. The molecule has 112 valence electrons. The molecule has 2 aliphatic rings. The second-order valence-electron chi connectivity index (χ2n) is 5.75. The molecule has 3 atom stereocenters. The van der Waals surface area contributed by atoms with E-state index in [0.717, 1.165) is 23.5 Å². The van der Waals surface area contributed by atoms with Crippen molar-refractivity contribution < 1.29 is 9.59 Å². The number of hydrogen-bond donors (Lipinski definition) is 1. The molecule has 0 spiro atoms. The zero-order valence-corrected chi connectivity index (χ0v) is 12.9. The van der Waals surface area contributed by atoms with Gasteiger partial charge < -0.3 is 10.2 Å². The van der Waals surface area contributed by atoms with E-state index in [-0.39, 0.29) is 17.9 Å². The Bertz CT molecular complexity index is 528. The van der Waals surface area contributed by atoms with Gasteiger partial charge in [0.25, 0.3) is 0 Å². The summed E-state index contributed by atoms with van der Waals surface area (Å²) in [4.78, 5) is 26.7. The molecule has 1 N–H and O–H groups in total. The summed E-state index contributed by atoms with van der Waals surface area (Å²) >= 11 is 1.93. The number of nitrogens with zero attached hydrogens (tertiary/aromatic N) is 1. The SMILES string of the molecule is CC1C(=O)NC(c2ccccc2)C(=O)N1CC1CCSC1. The number of benzene rings is 1. The number of carbonyl (C=O) groups excluding carboxylic acids is 2. The third-order valence-electron chi connectivity index (χ3n) is 4.28. The molecule has 2 aliphatic heterocycles. The van der Waals surface area contributed by atoms with Crippen LogP contribution in [0, 0.1) is 5.92 Å². The molecule has 1 aromatic rings. The van der Waals surface area contributed by atoms with E-state index in [1.807, 2.05) is 49.0 Å². The maximum absolute atomic E-state index is 12.8. The van der Waals surface area contributed by atoms with E-state index >= 15 is 0 Å². The van der Waals surface area contributed by atoms with Crippen LogP contribution in [0.25, 0.3) is 0 Å². The second kappa shape index (κ2) is 6.10. The number of nitrogens with one attached hydrogen (secondary N) is 1. The summed E-state index contributed by atoms with van der Waals surface area (Å²) in [7, 11) is 0. The van der Waals surface area contributed by atoms with Crippen LogP contribution < -0.4 is 5.32 Å². The third-order valence-corrected chi connectivity index (χ3v) is 5.51. The predicted molar refractivity (Wildman–Crippen MR) is 83.9 cm³/mol. The molecule has 0 bridgehead atoms. The van der Waals surface area contributed by atoms with Crippen molar-refractivity contribution in [2.75, 3.05) is 18.1 Å². The van der Waals surface area contributed by atoms with Crippen LogP contribution >= 0.6 is 11.8 Å². The highest BCUT2D eigenvalue weighted by atomic mass is 32.2. The Hall–Kier alpha value is -1.49. The van der Waals surface area contributed by atoms with Gasteiger partial charge in [-0.2, -0.15) is 11.8 Å². The molecule has 2 saturated heterocycles. The lowest BCUT2D eigenvalue weighted by Gasteiger charge is -2.38. The van der Waals surface area contributed by atoms with Crippen LogP contribution in [0.15, 0.2) is 30.3 Å². The number of rotatable bonds is 3. The summed E-state index contributed by atoms with van der Waals surface area (Å²) in [6, 6.07) is 8.57. The van der Waals surface area contributed by atoms with Gasteiger partial charge >= 0.3 is 0 Å². The molecule has 3 rings (SSSR count). The van der Waals surface area contributed by atoms with E-state index in [0.29, 0.717) is 12.5 Å². The molecule has 21 heavy (non-hydrogen) atoms. The molecule has 2 fully saturated rings. The molecule has 0 aliphatic carbocycles. The normalized spacial score (nSPS) is 29.6. The van der Waals surface area contributed by atoms with Crippen molar-refractivity contribution >= 4 is 23.6 Å². The first-order chi connectivity index (χ1) is 10.2. The monoisotopic (exact) mass is 304 g/mol. The maximum atomic E-state index is 12.8. The van der Waals surface area contributed by atoms with Crippen LogP contribution in [-0.2, 0) is 9.59 Å². The van der Waals surface area contributed by atoms with Crippen molar-refractivity contribution in [1.29, 1.82) is 0 Å². The van der Waals surface area contributed by atoms with Gasteiger partial charge in [0, 0.05) is 6.54 Å². The molecule has 0 aromatic heterocycles. The van der Waals surface area contributed by atoms with Gasteiger partial charge in [-0.25, -0.2) is 0 Å². The number of carbonyl (C=O) groups is 2. The predicted octanol–water partition coefficient (Wildman–Crippen LogP) is 1.83. The Morgan fingerprint density at radius 3 is 2.71 bits per heavy atom. The molecule has 2 heterocycles. The first kappa shape index (κ1) is 14.4. The van der Waals surface area contributed by atoms with Gasteiger partial charge in [-0.3, -0.25) is 9.59 Å². The summed E-state index contributed by atoms with van der Waals surface area (Å²) in [5, 5.41) is 2.85. The molecular weight excluding hydrogens is 284 g/mol. The molecule has 2 amide bonds. The zero-order valence-electron chi connectivity index (χ0n) is 12.1. The maximum Gasteiger partial charge on any atom is 0.250 e. The van der Waals surface area contributed by atoms with Crippen molar-refractivity contribution in [2.24, 2.45) is 5.92 Å². The molecule has 0 radical (unpaired) electrons. The summed E-state index contributed by atoms with van der Waals surface area (Å²) in [6.07, 6.45) is 1.14. The highest BCUT2D eigenvalue weighted by Crippen LogP contribution is 2.28. The van der Waals surface area contributed by atoms with Crippen molar-refractivity contribution in [3.63, 3.8) is 0 Å². The van der Waals surface area contributed by atoms with Gasteiger partial charge in [-0.15, -0.1) is 0 Å². The first-order valence-electron chi connectivity index (χ1n) is 7.40. The Morgan fingerprint density at radius 1 is 1.29 bits per heavy atom. The molecule has 1 aromatic carbocycles. The van der Waals surface area contributed by atoms with E-state index in [9.17, 15) is 9.59 Å². The smallest absolute Gasteiger partial charge is 0.250 e. The van der Waals surface area contributed by atoms with Crippen LogP contribution in [0.3, 0.4) is 0 Å². The largest absolute Gasteiger partial charge is 0.339 e. The fourth-order valence-corrected chi connectivity index (χ4v) is 4.22. The highest BCUT2D eigenvalue weighted by molar-refractivity contribution is 7.99. The molecule has 5 heteroatoms. The van der Waals surface area contributed by atoms with Gasteiger partial charge in [0.1, 0.15) is 12.1 Å². The Balaban J connectivity index is 1.81. The van der Waals surface area contributed by atoms with E-state index in [2.05, 4.69) is 5.32 Å². The first-order valence-corrected chi connectivity index (χ1v) is 8.56. The lowest BCUT2D eigenvalue weighted by atomic mass is 9.99. The minimum absolute atomic E-state index is 0.0187. The molecule has 3 unspecified atom stereocenters. The van der Waals surface area contributed by atoms with Crippen LogP contribution in [0.1, 0.15) is 24.9 Å². The van der Waals surface area contributed by atoms with Crippen molar-refractivity contribution in [3.05, 3.63) is 35.9 Å². The summed E-state index contributed by atoms with van der Waals surface area (Å²) < 4.78 is 0. The highest BCUT2D eigenvalue weighted by Gasteiger charge is 2.39. The van der Waals surface area contributed by atoms with E-state index in [1.165, 1.54) is 0 Å². The molecule has 4 nitrogen and oxygen atoms in total. The van der Waals surface area contributed by atoms with Crippen LogP contribution in [-0.4, -0.2) is 40.8 Å². The average Bonchev–Trinajstić information content (AvgIpc) is 3.01. The van der Waals surface area contributed by atoms with Crippen molar-refractivity contribution in [2.45, 2.75) is 25.4 Å². The third kappa shape index (κ3) is 2.93. The van der Waals surface area contributed by atoms with Crippen molar-refractivity contribution in [3.8, 4) is 0 Å². The summed E-state index contributed by atoms with van der Waals surface area (Å²) in [6.45, 7) is 2.51. The number of piperazine rings is 1. The zero-order chi connectivity index (χ0) is 14.8. The Morgan fingerprint density at radius 2 is 2.05 bits per heavy atom. The summed E-state index contributed by atoms with van der Waals surface area (Å²) in [5.74, 6) is 2.73. The van der Waals surface area contributed by atoms with Gasteiger partial charge in [-0.1, -0.05) is 30.3 Å². The quantitative estimate of drug-likeness (QED) is 0.927. The Kier molecular flexibility index (Phi) is 4.19. The van der Waals surface area contributed by atoms with E-state index in [1.54, 1.807) is 4.90 Å². The van der Waals surface area contributed by atoms with Gasteiger partial charge in [-0.05, 0) is 36.3 Å². The minimum Gasteiger partial charge on any atom is -0.339 e. The standard InChI is InChI=1S/C16H20N2O2S/c1-11-15(19)17-14(13-5-3-2-4-6-13)16(20)18(11)9-12-7-8-21-10-12/h2-6,11-12,14H,7-10H2,1H3,(H,17,19). The van der Waals surface area contributed by atoms with Crippen molar-refractivity contribution in [1.82, 2.24) is 10.2 Å². The number of amides is 2. The lowest BCUT2D eigenvalue weighted by molar-refractivity contribution is -0.149. The average molecular weight is 304 g/mol. The summed E-state index contributed by atoms with van der Waals surface area (Å²) in [5.41, 5.74) is 0.855. The van der Waals surface area contributed by atoms with Gasteiger partial charge in [0.2, 0.25) is 11.8 Å². The number of thioether (sulfide) groups is 1. The van der Waals surface area contributed by atoms with Crippen LogP contribution in [0.4, 0.5) is 0 Å². The van der Waals surface area contributed by atoms with Gasteiger partial charge in [0.15, 0.2) is 0 Å². The minimum atomic E-state index is -0.538. The van der Waals surface area contributed by atoms with Crippen LogP contribution in [0.2, 0.25) is 0 Å². The Labute approximate surface area is 129 Å². The van der Waals surface area contributed by atoms with Crippen LogP contribution in [0.5, 0.6) is 0 Å².